The van der Waals surface area contributed by atoms with E-state index >= 15 is 0 Å². The van der Waals surface area contributed by atoms with Crippen molar-refractivity contribution < 1.29 is 29.0 Å². The fraction of sp³-hybridized carbons (Fsp3) is 0.786. The van der Waals surface area contributed by atoms with Crippen LogP contribution in [0.5, 0.6) is 0 Å². The summed E-state index contributed by atoms with van der Waals surface area (Å²) >= 11 is 0. The number of methoxy groups -OCH3 is 1. The summed E-state index contributed by atoms with van der Waals surface area (Å²) < 4.78 is 9.87. The monoisotopic (exact) mass is 316 g/mol. The molecular formula is C14H24N2O6. The first-order valence-electron chi connectivity index (χ1n) is 7.31. The molecule has 1 saturated heterocycles. The average Bonchev–Trinajstić information content (AvgIpc) is 3.23. The van der Waals surface area contributed by atoms with Gasteiger partial charge < -0.3 is 25.2 Å². The molecule has 126 valence electrons. The van der Waals surface area contributed by atoms with Gasteiger partial charge in [-0.25, -0.2) is 4.79 Å². The van der Waals surface area contributed by atoms with Crippen LogP contribution in [0.4, 0.5) is 0 Å². The largest absolute Gasteiger partial charge is 0.479 e. The van der Waals surface area contributed by atoms with E-state index in [2.05, 4.69) is 10.6 Å². The summed E-state index contributed by atoms with van der Waals surface area (Å²) in [6, 6.07) is -0.754. The minimum atomic E-state index is -1.18. The fourth-order valence-electron chi connectivity index (χ4n) is 2.04. The highest BCUT2D eigenvalue weighted by Crippen LogP contribution is 2.22. The third kappa shape index (κ3) is 5.27. The molecule has 2 amide bonds. The normalized spacial score (nSPS) is 22.8. The topological polar surface area (TPSA) is 117 Å². The summed E-state index contributed by atoms with van der Waals surface area (Å²) in [5.74, 6) is -1.95. The Kier molecular flexibility index (Phi) is 6.76. The van der Waals surface area contributed by atoms with Crippen molar-refractivity contribution >= 4 is 17.8 Å². The number of hydrogen-bond donors (Lipinski definition) is 3. The van der Waals surface area contributed by atoms with Gasteiger partial charge in [0.1, 0.15) is 12.3 Å². The van der Waals surface area contributed by atoms with Gasteiger partial charge >= 0.3 is 5.97 Å². The summed E-state index contributed by atoms with van der Waals surface area (Å²) in [6.45, 7) is 5.71. The third-order valence-corrected chi connectivity index (χ3v) is 3.29. The van der Waals surface area contributed by atoms with E-state index in [1.165, 1.54) is 7.11 Å². The summed E-state index contributed by atoms with van der Waals surface area (Å²) in [5.41, 5.74) is 0. The lowest BCUT2D eigenvalue weighted by molar-refractivity contribution is -0.138. The highest BCUT2D eigenvalue weighted by molar-refractivity contribution is 5.95. The Hall–Kier alpha value is -1.67. The van der Waals surface area contributed by atoms with Crippen LogP contribution in [-0.4, -0.2) is 54.5 Å². The number of hydrogen-bond acceptors (Lipinski definition) is 5. The maximum Gasteiger partial charge on any atom is 0.336 e. The van der Waals surface area contributed by atoms with Crippen molar-refractivity contribution in [3.8, 4) is 0 Å². The number of carboxylic acids is 1. The van der Waals surface area contributed by atoms with E-state index < -0.39 is 36.4 Å². The van der Waals surface area contributed by atoms with Crippen molar-refractivity contribution in [3.63, 3.8) is 0 Å². The predicted molar refractivity (Wildman–Crippen MR) is 76.9 cm³/mol. The molecular weight excluding hydrogens is 292 g/mol. The second-order valence-electron chi connectivity index (χ2n) is 5.65. The molecule has 1 unspecified atom stereocenters. The van der Waals surface area contributed by atoms with Crippen molar-refractivity contribution in [1.82, 2.24) is 10.6 Å². The molecule has 8 heteroatoms. The lowest BCUT2D eigenvalue weighted by Gasteiger charge is -2.23. The summed E-state index contributed by atoms with van der Waals surface area (Å²) in [4.78, 5) is 34.9. The Morgan fingerprint density at radius 3 is 2.27 bits per heavy atom. The van der Waals surface area contributed by atoms with Gasteiger partial charge in [-0.2, -0.15) is 0 Å². The molecule has 0 aromatic heterocycles. The quantitative estimate of drug-likeness (QED) is 0.403. The number of carbonyl (C=O) groups excluding carboxylic acids is 2. The highest BCUT2D eigenvalue weighted by Gasteiger charge is 2.51. The first kappa shape index (κ1) is 18.4. The number of ether oxygens (including phenoxy) is 2. The molecule has 0 radical (unpaired) electrons. The van der Waals surface area contributed by atoms with Crippen molar-refractivity contribution in [1.29, 1.82) is 0 Å². The van der Waals surface area contributed by atoms with Crippen LogP contribution in [0.3, 0.4) is 0 Å². The maximum absolute atomic E-state index is 12.2. The van der Waals surface area contributed by atoms with Gasteiger partial charge in [-0.05, 0) is 18.8 Å². The minimum absolute atomic E-state index is 0.175. The summed E-state index contributed by atoms with van der Waals surface area (Å²) in [7, 11) is 1.49. The number of amides is 2. The molecule has 3 N–H and O–H groups in total. The molecule has 0 bridgehead atoms. The zero-order valence-corrected chi connectivity index (χ0v) is 13.3. The minimum Gasteiger partial charge on any atom is -0.479 e. The Bertz CT molecular complexity index is 422. The molecule has 0 aromatic carbocycles. The second kappa shape index (κ2) is 8.09. The zero-order valence-electron chi connectivity index (χ0n) is 13.3. The van der Waals surface area contributed by atoms with Crippen LogP contribution < -0.4 is 10.6 Å². The second-order valence-corrected chi connectivity index (χ2v) is 5.65. The van der Waals surface area contributed by atoms with Crippen molar-refractivity contribution in [2.24, 2.45) is 5.92 Å². The van der Waals surface area contributed by atoms with Crippen LogP contribution in [0.1, 0.15) is 33.6 Å². The van der Waals surface area contributed by atoms with Crippen LogP contribution in [0.2, 0.25) is 0 Å². The SMILES string of the molecule is CCC(NC(=O)[C@H](CC(C)C)NC(=O)[C@H]1O[C@@H]1C(=O)O)OC. The molecule has 0 aromatic rings. The smallest absolute Gasteiger partial charge is 0.336 e. The van der Waals surface area contributed by atoms with E-state index in [1.807, 2.05) is 20.8 Å². The van der Waals surface area contributed by atoms with Crippen molar-refractivity contribution in [2.45, 2.75) is 58.1 Å². The Morgan fingerprint density at radius 2 is 1.86 bits per heavy atom. The molecule has 0 spiro atoms. The van der Waals surface area contributed by atoms with Crippen LogP contribution in [0, 0.1) is 5.92 Å². The number of epoxide rings is 1. The lowest BCUT2D eigenvalue weighted by atomic mass is 10.0. The summed E-state index contributed by atoms with van der Waals surface area (Å²) in [6.07, 6.45) is -1.54. The first-order valence-corrected chi connectivity index (χ1v) is 7.31. The number of rotatable bonds is 9. The van der Waals surface area contributed by atoms with E-state index in [-0.39, 0.29) is 11.8 Å². The van der Waals surface area contributed by atoms with E-state index in [1.54, 1.807) is 0 Å². The highest BCUT2D eigenvalue weighted by atomic mass is 16.6. The van der Waals surface area contributed by atoms with Crippen LogP contribution in [0.25, 0.3) is 0 Å². The van der Waals surface area contributed by atoms with Gasteiger partial charge in [-0.1, -0.05) is 20.8 Å². The van der Waals surface area contributed by atoms with Gasteiger partial charge in [0.15, 0.2) is 12.2 Å². The molecule has 0 aliphatic carbocycles. The number of carboxylic acid groups (broad SMARTS) is 1. The van der Waals surface area contributed by atoms with Gasteiger partial charge in [-0.3, -0.25) is 9.59 Å². The molecule has 1 aliphatic rings. The number of carbonyl (C=O) groups is 3. The standard InChI is InChI=1S/C14H24N2O6/c1-5-9(21-4)16-12(17)8(6-7(2)3)15-13(18)10-11(22-10)14(19)20/h7-11H,5-6H2,1-4H3,(H,15,18)(H,16,17)(H,19,20)/t8-,9?,10-,11-/m0/s1. The number of nitrogens with one attached hydrogen (secondary N) is 2. The molecule has 1 fully saturated rings. The van der Waals surface area contributed by atoms with Gasteiger partial charge in [0.25, 0.3) is 5.91 Å². The Labute approximate surface area is 129 Å². The van der Waals surface area contributed by atoms with Gasteiger partial charge in [0.2, 0.25) is 5.91 Å². The Balaban J connectivity index is 2.62. The molecule has 22 heavy (non-hydrogen) atoms. The zero-order chi connectivity index (χ0) is 16.9. The molecule has 4 atom stereocenters. The van der Waals surface area contributed by atoms with Gasteiger partial charge in [0, 0.05) is 7.11 Å². The van der Waals surface area contributed by atoms with E-state index in [0.29, 0.717) is 12.8 Å². The predicted octanol–water partition coefficient (Wildman–Crippen LogP) is -0.132. The van der Waals surface area contributed by atoms with Gasteiger partial charge in [-0.15, -0.1) is 0 Å². The third-order valence-electron chi connectivity index (χ3n) is 3.29. The van der Waals surface area contributed by atoms with Crippen molar-refractivity contribution in [2.75, 3.05) is 7.11 Å². The molecule has 1 aliphatic heterocycles. The van der Waals surface area contributed by atoms with E-state index in [4.69, 9.17) is 14.6 Å². The number of aliphatic carboxylic acids is 1. The molecule has 0 saturated carbocycles. The molecule has 1 heterocycles. The van der Waals surface area contributed by atoms with Crippen molar-refractivity contribution in [3.05, 3.63) is 0 Å². The fourth-order valence-corrected chi connectivity index (χ4v) is 2.04. The summed E-state index contributed by atoms with van der Waals surface area (Å²) in [5, 5.41) is 14.0. The molecule has 1 rings (SSSR count). The van der Waals surface area contributed by atoms with E-state index in [0.717, 1.165) is 0 Å². The van der Waals surface area contributed by atoms with E-state index in [9.17, 15) is 14.4 Å². The lowest BCUT2D eigenvalue weighted by Crippen LogP contribution is -2.51. The van der Waals surface area contributed by atoms with Gasteiger partial charge in [0.05, 0.1) is 0 Å². The van der Waals surface area contributed by atoms with Crippen LogP contribution in [0.15, 0.2) is 0 Å². The van der Waals surface area contributed by atoms with Crippen LogP contribution >= 0.6 is 0 Å². The Morgan fingerprint density at radius 1 is 1.23 bits per heavy atom. The average molecular weight is 316 g/mol. The maximum atomic E-state index is 12.2. The molecule has 8 nitrogen and oxygen atoms in total. The first-order chi connectivity index (χ1) is 10.3. The van der Waals surface area contributed by atoms with Crippen LogP contribution in [-0.2, 0) is 23.9 Å².